The topological polar surface area (TPSA) is 66.6 Å². The quantitative estimate of drug-likeness (QED) is 0.892. The molecule has 1 aliphatic heterocycles. The molecule has 118 valence electrons. The van der Waals surface area contributed by atoms with E-state index in [9.17, 15) is 8.42 Å². The molecular weight excluding hydrogens is 286 g/mol. The van der Waals surface area contributed by atoms with Gasteiger partial charge in [0.15, 0.2) is 0 Å². The van der Waals surface area contributed by atoms with E-state index in [1.54, 1.807) is 11.4 Å². The number of nitrogens with two attached hydrogens (primary N) is 1. The molecule has 1 aliphatic rings. The second kappa shape index (κ2) is 6.87. The summed E-state index contributed by atoms with van der Waals surface area (Å²) in [6.45, 7) is 4.21. The second-order valence-electron chi connectivity index (χ2n) is 5.83. The van der Waals surface area contributed by atoms with E-state index in [2.05, 4.69) is 0 Å². The van der Waals surface area contributed by atoms with Gasteiger partial charge in [0, 0.05) is 26.7 Å². The zero-order chi connectivity index (χ0) is 15.5. The Hall–Kier alpha value is -0.950. The minimum atomic E-state index is -3.38. The molecule has 0 bridgehead atoms. The van der Waals surface area contributed by atoms with Crippen LogP contribution >= 0.6 is 0 Å². The number of aryl methyl sites for hydroxylation is 1. The van der Waals surface area contributed by atoms with Gasteiger partial charge in [-0.1, -0.05) is 29.8 Å². The van der Waals surface area contributed by atoms with Gasteiger partial charge in [0.2, 0.25) is 0 Å². The lowest BCUT2D eigenvalue weighted by Gasteiger charge is -2.33. The SMILES string of the molecule is Cc1ccc(CN(C)S(=O)(=O)N2CCC(CN)CC2)cc1. The normalized spacial score (nSPS) is 18.3. The lowest BCUT2D eigenvalue weighted by molar-refractivity contribution is 0.262. The van der Waals surface area contributed by atoms with Gasteiger partial charge in [0.25, 0.3) is 10.2 Å². The lowest BCUT2D eigenvalue weighted by atomic mass is 9.99. The summed E-state index contributed by atoms with van der Waals surface area (Å²) in [6.07, 6.45) is 1.71. The summed E-state index contributed by atoms with van der Waals surface area (Å²) in [5, 5.41) is 0. The largest absolute Gasteiger partial charge is 0.330 e. The molecule has 6 heteroatoms. The monoisotopic (exact) mass is 311 g/mol. The summed E-state index contributed by atoms with van der Waals surface area (Å²) >= 11 is 0. The smallest absolute Gasteiger partial charge is 0.282 e. The molecule has 2 rings (SSSR count). The Labute approximate surface area is 127 Å². The van der Waals surface area contributed by atoms with Crippen LogP contribution in [-0.2, 0) is 16.8 Å². The molecule has 0 spiro atoms. The highest BCUT2D eigenvalue weighted by molar-refractivity contribution is 7.86. The summed E-state index contributed by atoms with van der Waals surface area (Å²) in [5.41, 5.74) is 7.83. The molecular formula is C15H25N3O2S. The highest BCUT2D eigenvalue weighted by Crippen LogP contribution is 2.21. The van der Waals surface area contributed by atoms with E-state index in [4.69, 9.17) is 5.73 Å². The van der Waals surface area contributed by atoms with Gasteiger partial charge >= 0.3 is 0 Å². The van der Waals surface area contributed by atoms with E-state index < -0.39 is 10.2 Å². The zero-order valence-corrected chi connectivity index (χ0v) is 13.6. The summed E-state index contributed by atoms with van der Waals surface area (Å²) in [5.74, 6) is 0.457. The van der Waals surface area contributed by atoms with Crippen LogP contribution in [0.3, 0.4) is 0 Å². The lowest BCUT2D eigenvalue weighted by Crippen LogP contribution is -2.46. The van der Waals surface area contributed by atoms with Crippen molar-refractivity contribution in [1.82, 2.24) is 8.61 Å². The first kappa shape index (κ1) is 16.4. The summed E-state index contributed by atoms with van der Waals surface area (Å²) in [6, 6.07) is 7.95. The van der Waals surface area contributed by atoms with Gasteiger partial charge in [-0.2, -0.15) is 17.0 Å². The van der Waals surface area contributed by atoms with Crippen LogP contribution in [-0.4, -0.2) is 43.7 Å². The van der Waals surface area contributed by atoms with Crippen molar-refractivity contribution in [2.75, 3.05) is 26.7 Å². The molecule has 2 N–H and O–H groups in total. The van der Waals surface area contributed by atoms with Crippen LogP contribution in [0.25, 0.3) is 0 Å². The fraction of sp³-hybridized carbons (Fsp3) is 0.600. The predicted octanol–water partition coefficient (Wildman–Crippen LogP) is 1.34. The molecule has 0 unspecified atom stereocenters. The average Bonchev–Trinajstić information content (AvgIpc) is 2.49. The Morgan fingerprint density at radius 2 is 1.81 bits per heavy atom. The molecule has 1 fully saturated rings. The van der Waals surface area contributed by atoms with E-state index in [-0.39, 0.29) is 0 Å². The molecule has 1 heterocycles. The van der Waals surface area contributed by atoms with Crippen molar-refractivity contribution in [2.24, 2.45) is 11.7 Å². The fourth-order valence-electron chi connectivity index (χ4n) is 2.60. The number of rotatable bonds is 5. The molecule has 0 amide bonds. The van der Waals surface area contributed by atoms with Crippen molar-refractivity contribution in [3.8, 4) is 0 Å². The van der Waals surface area contributed by atoms with Gasteiger partial charge < -0.3 is 5.73 Å². The van der Waals surface area contributed by atoms with Crippen molar-refractivity contribution >= 4 is 10.2 Å². The Morgan fingerprint density at radius 1 is 1.24 bits per heavy atom. The third kappa shape index (κ3) is 4.03. The van der Waals surface area contributed by atoms with E-state index in [1.165, 1.54) is 9.87 Å². The first-order valence-electron chi connectivity index (χ1n) is 7.40. The van der Waals surface area contributed by atoms with Gasteiger partial charge in [0.1, 0.15) is 0 Å². The van der Waals surface area contributed by atoms with E-state index in [1.807, 2.05) is 31.2 Å². The van der Waals surface area contributed by atoms with Crippen molar-refractivity contribution in [2.45, 2.75) is 26.3 Å². The van der Waals surface area contributed by atoms with Crippen molar-refractivity contribution in [3.05, 3.63) is 35.4 Å². The van der Waals surface area contributed by atoms with Gasteiger partial charge in [-0.25, -0.2) is 0 Å². The van der Waals surface area contributed by atoms with E-state index in [0.717, 1.165) is 18.4 Å². The fourth-order valence-corrected chi connectivity index (χ4v) is 3.98. The molecule has 1 saturated heterocycles. The molecule has 0 saturated carbocycles. The molecule has 0 aliphatic carbocycles. The van der Waals surface area contributed by atoms with Gasteiger partial charge in [0.05, 0.1) is 0 Å². The number of benzene rings is 1. The molecule has 21 heavy (non-hydrogen) atoms. The molecule has 1 aromatic rings. The number of piperidine rings is 1. The first-order chi connectivity index (χ1) is 9.93. The zero-order valence-electron chi connectivity index (χ0n) is 12.8. The van der Waals surface area contributed by atoms with Crippen LogP contribution in [0.1, 0.15) is 24.0 Å². The maximum absolute atomic E-state index is 12.6. The summed E-state index contributed by atoms with van der Waals surface area (Å²) < 4.78 is 28.2. The molecule has 0 aromatic heterocycles. The Bertz CT molecular complexity index is 549. The maximum atomic E-state index is 12.6. The second-order valence-corrected chi connectivity index (χ2v) is 7.86. The van der Waals surface area contributed by atoms with Crippen LogP contribution in [0, 0.1) is 12.8 Å². The number of hydrogen-bond acceptors (Lipinski definition) is 3. The summed E-state index contributed by atoms with van der Waals surface area (Å²) in [7, 11) is -1.73. The Morgan fingerprint density at radius 3 is 2.33 bits per heavy atom. The number of hydrogen-bond donors (Lipinski definition) is 1. The van der Waals surface area contributed by atoms with Crippen LogP contribution in [0.4, 0.5) is 0 Å². The Kier molecular flexibility index (Phi) is 5.37. The maximum Gasteiger partial charge on any atom is 0.282 e. The Balaban J connectivity index is 2.00. The van der Waals surface area contributed by atoms with Crippen LogP contribution in [0.2, 0.25) is 0 Å². The highest BCUT2D eigenvalue weighted by atomic mass is 32.2. The van der Waals surface area contributed by atoms with Crippen LogP contribution in [0.5, 0.6) is 0 Å². The van der Waals surface area contributed by atoms with Crippen molar-refractivity contribution in [1.29, 1.82) is 0 Å². The standard InChI is InChI=1S/C15H25N3O2S/c1-13-3-5-15(6-4-13)12-17(2)21(19,20)18-9-7-14(11-16)8-10-18/h3-6,14H,7-12,16H2,1-2H3. The van der Waals surface area contributed by atoms with Gasteiger partial charge in [-0.15, -0.1) is 0 Å². The third-order valence-electron chi connectivity index (χ3n) is 4.15. The molecule has 5 nitrogen and oxygen atoms in total. The first-order valence-corrected chi connectivity index (χ1v) is 8.80. The third-order valence-corrected chi connectivity index (χ3v) is 6.09. The average molecular weight is 311 g/mol. The highest BCUT2D eigenvalue weighted by Gasteiger charge is 2.30. The van der Waals surface area contributed by atoms with Gasteiger partial charge in [-0.3, -0.25) is 0 Å². The van der Waals surface area contributed by atoms with Crippen molar-refractivity contribution in [3.63, 3.8) is 0 Å². The minimum absolute atomic E-state index is 0.402. The summed E-state index contributed by atoms with van der Waals surface area (Å²) in [4.78, 5) is 0. The molecule has 1 aromatic carbocycles. The minimum Gasteiger partial charge on any atom is -0.330 e. The van der Waals surface area contributed by atoms with Crippen molar-refractivity contribution < 1.29 is 8.42 Å². The predicted molar refractivity (Wildman–Crippen MR) is 84.9 cm³/mol. The molecule has 0 atom stereocenters. The number of nitrogens with zero attached hydrogens (tertiary/aromatic N) is 2. The van der Waals surface area contributed by atoms with E-state index >= 15 is 0 Å². The van der Waals surface area contributed by atoms with Crippen LogP contribution in [0.15, 0.2) is 24.3 Å². The van der Waals surface area contributed by atoms with E-state index in [0.29, 0.717) is 32.1 Å². The molecule has 0 radical (unpaired) electrons. The van der Waals surface area contributed by atoms with Gasteiger partial charge in [-0.05, 0) is 37.8 Å². The van der Waals surface area contributed by atoms with Crippen LogP contribution < -0.4 is 5.73 Å².